The van der Waals surface area contributed by atoms with Gasteiger partial charge in [-0.1, -0.05) is 11.8 Å². The maximum Gasteiger partial charge on any atom is 0.398 e. The van der Waals surface area contributed by atoms with Gasteiger partial charge >= 0.3 is 6.18 Å². The Hall–Kier alpha value is -1.83. The quantitative estimate of drug-likeness (QED) is 0.638. The fourth-order valence-corrected chi connectivity index (χ4v) is 2.22. The first kappa shape index (κ1) is 15.6. The third-order valence-corrected chi connectivity index (χ3v) is 3.35. The summed E-state index contributed by atoms with van der Waals surface area (Å²) >= 11 is 0.566. The van der Waals surface area contributed by atoms with Crippen LogP contribution in [-0.4, -0.2) is 34.0 Å². The summed E-state index contributed by atoms with van der Waals surface area (Å²) in [4.78, 5) is 12.2. The number of aryl methyl sites for hydroxylation is 1. The van der Waals surface area contributed by atoms with Crippen molar-refractivity contribution in [1.82, 2.24) is 15.0 Å². The van der Waals surface area contributed by atoms with Crippen LogP contribution in [0.4, 0.5) is 13.2 Å². The molecule has 0 atom stereocenters. The van der Waals surface area contributed by atoms with E-state index in [2.05, 4.69) is 15.0 Å². The van der Waals surface area contributed by atoms with Crippen LogP contribution in [0.3, 0.4) is 0 Å². The Morgan fingerprint density at radius 2 is 2.00 bits per heavy atom. The van der Waals surface area contributed by atoms with E-state index in [0.717, 1.165) is 0 Å². The summed E-state index contributed by atoms with van der Waals surface area (Å²) in [6.07, 6.45) is -2.70. The van der Waals surface area contributed by atoms with Crippen LogP contribution in [0.1, 0.15) is 5.69 Å². The lowest BCUT2D eigenvalue weighted by atomic mass is 10.2. The number of hydrogen-bond donors (Lipinski definition) is 0. The predicted molar refractivity (Wildman–Crippen MR) is 73.3 cm³/mol. The van der Waals surface area contributed by atoms with Gasteiger partial charge in [-0.15, -0.1) is 0 Å². The molecule has 0 aliphatic heterocycles. The molecule has 0 unspecified atom stereocenters. The summed E-state index contributed by atoms with van der Waals surface area (Å²) in [7, 11) is 1.50. The first-order chi connectivity index (χ1) is 9.87. The lowest BCUT2D eigenvalue weighted by Crippen LogP contribution is -2.11. The number of alkyl halides is 3. The van der Waals surface area contributed by atoms with Gasteiger partial charge < -0.3 is 4.74 Å². The minimum Gasteiger partial charge on any atom is -0.481 e. The molecule has 0 saturated carbocycles. The van der Waals surface area contributed by atoms with Gasteiger partial charge in [0.1, 0.15) is 0 Å². The van der Waals surface area contributed by atoms with E-state index in [9.17, 15) is 13.2 Å². The Kier molecular flexibility index (Phi) is 4.66. The van der Waals surface area contributed by atoms with Crippen molar-refractivity contribution in [3.05, 3.63) is 30.1 Å². The van der Waals surface area contributed by atoms with Crippen LogP contribution in [0.2, 0.25) is 0 Å². The Bertz CT molecular complexity index is 617. The highest BCUT2D eigenvalue weighted by atomic mass is 32.2. The zero-order valence-corrected chi connectivity index (χ0v) is 12.1. The summed E-state index contributed by atoms with van der Waals surface area (Å²) in [5.74, 6) is -0.562. The Balaban J connectivity index is 2.25. The van der Waals surface area contributed by atoms with E-state index in [1.807, 2.05) is 0 Å². The van der Waals surface area contributed by atoms with Crippen molar-refractivity contribution in [2.75, 3.05) is 12.9 Å². The van der Waals surface area contributed by atoms with Gasteiger partial charge in [0, 0.05) is 23.5 Å². The van der Waals surface area contributed by atoms with Crippen LogP contribution >= 0.6 is 11.8 Å². The molecule has 4 nitrogen and oxygen atoms in total. The minimum atomic E-state index is -4.25. The van der Waals surface area contributed by atoms with Crippen LogP contribution in [0.25, 0.3) is 11.3 Å². The minimum absolute atomic E-state index is 0.0955. The lowest BCUT2D eigenvalue weighted by molar-refractivity contribution is -0.105. The molecule has 0 aliphatic carbocycles. The number of methoxy groups -OCH3 is 1. The van der Waals surface area contributed by atoms with Gasteiger partial charge in [-0.25, -0.2) is 15.0 Å². The molecule has 2 rings (SSSR count). The smallest absolute Gasteiger partial charge is 0.398 e. The number of rotatable bonds is 4. The maximum atomic E-state index is 12.2. The zero-order chi connectivity index (χ0) is 15.5. The molecule has 0 fully saturated rings. The van der Waals surface area contributed by atoms with Crippen molar-refractivity contribution in [1.29, 1.82) is 0 Å². The second-order valence-electron chi connectivity index (χ2n) is 4.17. The average molecular weight is 315 g/mol. The monoisotopic (exact) mass is 315 g/mol. The number of ether oxygens (including phenoxy) is 1. The second kappa shape index (κ2) is 6.30. The third-order valence-electron chi connectivity index (χ3n) is 2.44. The van der Waals surface area contributed by atoms with E-state index in [1.54, 1.807) is 31.3 Å². The van der Waals surface area contributed by atoms with E-state index in [4.69, 9.17) is 4.74 Å². The van der Waals surface area contributed by atoms with Crippen LogP contribution in [0.15, 0.2) is 29.6 Å². The fourth-order valence-electron chi connectivity index (χ4n) is 1.55. The highest BCUT2D eigenvalue weighted by Gasteiger charge is 2.28. The molecule has 0 aromatic carbocycles. The molecule has 0 radical (unpaired) electrons. The van der Waals surface area contributed by atoms with Gasteiger partial charge in [-0.05, 0) is 19.1 Å². The molecule has 0 amide bonds. The molecule has 8 heteroatoms. The van der Waals surface area contributed by atoms with Gasteiger partial charge in [0.05, 0.1) is 18.6 Å². The Labute approximate surface area is 123 Å². The first-order valence-electron chi connectivity index (χ1n) is 5.93. The number of halogens is 3. The fraction of sp³-hybridized carbons (Fsp3) is 0.308. The van der Waals surface area contributed by atoms with Crippen molar-refractivity contribution in [2.45, 2.75) is 18.3 Å². The SMILES string of the molecule is COc1ccc(-c2cc(C)nc(SCC(F)(F)F)n2)cn1. The molecule has 112 valence electrons. The van der Waals surface area contributed by atoms with Crippen molar-refractivity contribution in [2.24, 2.45) is 0 Å². The van der Waals surface area contributed by atoms with Crippen molar-refractivity contribution < 1.29 is 17.9 Å². The Morgan fingerprint density at radius 1 is 1.24 bits per heavy atom. The molecule has 0 saturated heterocycles. The third kappa shape index (κ3) is 4.59. The zero-order valence-electron chi connectivity index (χ0n) is 11.3. The summed E-state index contributed by atoms with van der Waals surface area (Å²) < 4.78 is 41.7. The van der Waals surface area contributed by atoms with Crippen molar-refractivity contribution >= 4 is 11.8 Å². The van der Waals surface area contributed by atoms with Crippen LogP contribution in [0.5, 0.6) is 5.88 Å². The summed E-state index contributed by atoms with van der Waals surface area (Å²) in [5.41, 5.74) is 1.82. The number of pyridine rings is 1. The normalized spacial score (nSPS) is 11.5. The first-order valence-corrected chi connectivity index (χ1v) is 6.91. The molecular weight excluding hydrogens is 303 g/mol. The standard InChI is InChI=1S/C13H12F3N3OS/c1-8-5-10(9-3-4-11(20-2)17-6-9)19-12(18-8)21-7-13(14,15)16/h3-6H,7H2,1-2H3. The van der Waals surface area contributed by atoms with E-state index >= 15 is 0 Å². The molecular formula is C13H12F3N3OS. The van der Waals surface area contributed by atoms with Gasteiger partial charge in [0.15, 0.2) is 5.16 Å². The van der Waals surface area contributed by atoms with Gasteiger partial charge in [-0.2, -0.15) is 13.2 Å². The number of nitrogens with zero attached hydrogens (tertiary/aromatic N) is 3. The average Bonchev–Trinajstić information content (AvgIpc) is 2.44. The highest BCUT2D eigenvalue weighted by molar-refractivity contribution is 7.99. The van der Waals surface area contributed by atoms with Crippen molar-refractivity contribution in [3.8, 4) is 17.1 Å². The highest BCUT2D eigenvalue weighted by Crippen LogP contribution is 2.27. The lowest BCUT2D eigenvalue weighted by Gasteiger charge is -2.08. The van der Waals surface area contributed by atoms with E-state index < -0.39 is 11.9 Å². The molecule has 21 heavy (non-hydrogen) atoms. The summed E-state index contributed by atoms with van der Waals surface area (Å²) in [5, 5.41) is 0.0955. The molecule has 0 N–H and O–H groups in total. The maximum absolute atomic E-state index is 12.2. The van der Waals surface area contributed by atoms with E-state index in [-0.39, 0.29) is 5.16 Å². The topological polar surface area (TPSA) is 47.9 Å². The van der Waals surface area contributed by atoms with Gasteiger partial charge in [0.25, 0.3) is 0 Å². The molecule has 0 spiro atoms. The molecule has 0 aliphatic rings. The molecule has 2 aromatic rings. The molecule has 2 heterocycles. The molecule has 2 aromatic heterocycles. The number of thioether (sulfide) groups is 1. The largest absolute Gasteiger partial charge is 0.481 e. The van der Waals surface area contributed by atoms with E-state index in [0.29, 0.717) is 34.6 Å². The van der Waals surface area contributed by atoms with Crippen LogP contribution < -0.4 is 4.74 Å². The van der Waals surface area contributed by atoms with Gasteiger partial charge in [0.2, 0.25) is 5.88 Å². The van der Waals surface area contributed by atoms with E-state index in [1.165, 1.54) is 7.11 Å². The summed E-state index contributed by atoms with van der Waals surface area (Å²) in [6.45, 7) is 1.71. The summed E-state index contributed by atoms with van der Waals surface area (Å²) in [6, 6.07) is 5.10. The van der Waals surface area contributed by atoms with Crippen LogP contribution in [0, 0.1) is 6.92 Å². The second-order valence-corrected chi connectivity index (χ2v) is 5.11. The Morgan fingerprint density at radius 3 is 2.57 bits per heavy atom. The number of hydrogen-bond acceptors (Lipinski definition) is 5. The van der Waals surface area contributed by atoms with Crippen molar-refractivity contribution in [3.63, 3.8) is 0 Å². The molecule has 0 bridgehead atoms. The number of aromatic nitrogens is 3. The van der Waals surface area contributed by atoms with Crippen LogP contribution in [-0.2, 0) is 0 Å². The van der Waals surface area contributed by atoms with Gasteiger partial charge in [-0.3, -0.25) is 0 Å². The predicted octanol–water partition coefficient (Wildman–Crippen LogP) is 3.51.